The molecule has 80 valence electrons. The van der Waals surface area contributed by atoms with Crippen LogP contribution in [0.2, 0.25) is 0 Å². The molecule has 0 bridgehead atoms. The van der Waals surface area contributed by atoms with Crippen molar-refractivity contribution in [3.8, 4) is 17.3 Å². The topological polar surface area (TPSA) is 52.5 Å². The first-order valence-electron chi connectivity index (χ1n) is 5.19. The lowest BCUT2D eigenvalue weighted by Crippen LogP contribution is -1.87. The van der Waals surface area contributed by atoms with E-state index in [-0.39, 0.29) is 0 Å². The highest BCUT2D eigenvalue weighted by molar-refractivity contribution is 5.63. The van der Waals surface area contributed by atoms with Crippen LogP contribution in [0.15, 0.2) is 24.4 Å². The van der Waals surface area contributed by atoms with E-state index < -0.39 is 0 Å². The normalized spacial score (nSPS) is 10.1. The number of aryl methyl sites for hydroxylation is 2. The van der Waals surface area contributed by atoms with Gasteiger partial charge in [-0.2, -0.15) is 5.26 Å². The standard InChI is InChI=1S/C13H13N3/c1-9-3-4-10(2)11(7-9)12-8-15-13(16-12)5-6-14/h3-4,7-8H,5H2,1-2H3,(H,15,16). The van der Waals surface area contributed by atoms with Gasteiger partial charge in [0.2, 0.25) is 0 Å². The van der Waals surface area contributed by atoms with Crippen LogP contribution in [0.3, 0.4) is 0 Å². The summed E-state index contributed by atoms with van der Waals surface area (Å²) in [5.74, 6) is 0.721. The van der Waals surface area contributed by atoms with Crippen molar-refractivity contribution in [3.05, 3.63) is 41.3 Å². The largest absolute Gasteiger partial charge is 0.341 e. The first-order chi connectivity index (χ1) is 7.70. The molecule has 1 N–H and O–H groups in total. The predicted octanol–water partition coefficient (Wildman–Crippen LogP) is 2.76. The molecule has 0 spiro atoms. The minimum Gasteiger partial charge on any atom is -0.341 e. The Balaban J connectivity index is 2.42. The van der Waals surface area contributed by atoms with E-state index in [1.54, 1.807) is 6.20 Å². The Morgan fingerprint density at radius 2 is 2.19 bits per heavy atom. The number of H-pyrrole nitrogens is 1. The fraction of sp³-hybridized carbons (Fsp3) is 0.231. The zero-order valence-electron chi connectivity index (χ0n) is 9.41. The summed E-state index contributed by atoms with van der Waals surface area (Å²) in [6, 6.07) is 8.39. The van der Waals surface area contributed by atoms with Crippen LogP contribution in [-0.4, -0.2) is 9.97 Å². The van der Waals surface area contributed by atoms with Gasteiger partial charge < -0.3 is 4.98 Å². The Morgan fingerprint density at radius 3 is 2.94 bits per heavy atom. The third kappa shape index (κ3) is 1.96. The molecule has 2 aromatic rings. The minimum absolute atomic E-state index is 0.324. The van der Waals surface area contributed by atoms with Crippen molar-refractivity contribution < 1.29 is 0 Å². The summed E-state index contributed by atoms with van der Waals surface area (Å²) in [4.78, 5) is 7.34. The van der Waals surface area contributed by atoms with Crippen LogP contribution in [0.25, 0.3) is 11.3 Å². The van der Waals surface area contributed by atoms with Gasteiger partial charge in [0.1, 0.15) is 5.82 Å². The summed E-state index contributed by atoms with van der Waals surface area (Å²) < 4.78 is 0. The third-order valence-corrected chi connectivity index (χ3v) is 2.56. The Bertz CT molecular complexity index is 547. The number of nitrogens with one attached hydrogen (secondary N) is 1. The van der Waals surface area contributed by atoms with Crippen LogP contribution in [0.4, 0.5) is 0 Å². The Labute approximate surface area is 94.8 Å². The summed E-state index contributed by atoms with van der Waals surface area (Å²) in [5, 5.41) is 8.59. The van der Waals surface area contributed by atoms with Gasteiger partial charge in [0.15, 0.2) is 0 Å². The molecule has 0 saturated heterocycles. The first kappa shape index (κ1) is 10.4. The van der Waals surface area contributed by atoms with E-state index in [9.17, 15) is 0 Å². The summed E-state index contributed by atoms with van der Waals surface area (Å²) in [7, 11) is 0. The number of hydrogen-bond acceptors (Lipinski definition) is 2. The maximum Gasteiger partial charge on any atom is 0.120 e. The lowest BCUT2D eigenvalue weighted by Gasteiger charge is -2.04. The van der Waals surface area contributed by atoms with Gasteiger partial charge in [-0.05, 0) is 25.5 Å². The molecule has 1 aromatic heterocycles. The molecule has 3 heteroatoms. The molecule has 0 radical (unpaired) electrons. The zero-order valence-corrected chi connectivity index (χ0v) is 9.41. The summed E-state index contributed by atoms with van der Waals surface area (Å²) in [5.41, 5.74) is 4.55. The van der Waals surface area contributed by atoms with Gasteiger partial charge in [0.05, 0.1) is 24.4 Å². The number of nitrogens with zero attached hydrogens (tertiary/aromatic N) is 2. The Hall–Kier alpha value is -2.08. The lowest BCUT2D eigenvalue weighted by atomic mass is 10.0. The van der Waals surface area contributed by atoms with Gasteiger partial charge in [-0.25, -0.2) is 4.98 Å². The molecule has 2 rings (SSSR count). The van der Waals surface area contributed by atoms with Crippen LogP contribution in [-0.2, 0) is 6.42 Å². The summed E-state index contributed by atoms with van der Waals surface area (Å²) in [6.45, 7) is 4.13. The number of hydrogen-bond donors (Lipinski definition) is 1. The molecule has 3 nitrogen and oxygen atoms in total. The van der Waals surface area contributed by atoms with Gasteiger partial charge in [-0.1, -0.05) is 17.7 Å². The van der Waals surface area contributed by atoms with Gasteiger partial charge in [-0.3, -0.25) is 0 Å². The van der Waals surface area contributed by atoms with Crippen LogP contribution >= 0.6 is 0 Å². The van der Waals surface area contributed by atoms with E-state index in [1.165, 1.54) is 11.1 Å². The zero-order chi connectivity index (χ0) is 11.5. The van der Waals surface area contributed by atoms with Gasteiger partial charge >= 0.3 is 0 Å². The molecule has 16 heavy (non-hydrogen) atoms. The Morgan fingerprint density at radius 1 is 1.38 bits per heavy atom. The van der Waals surface area contributed by atoms with Crippen LogP contribution in [0.5, 0.6) is 0 Å². The van der Waals surface area contributed by atoms with Crippen LogP contribution < -0.4 is 0 Å². The summed E-state index contributed by atoms with van der Waals surface area (Å²) >= 11 is 0. The fourth-order valence-electron chi connectivity index (χ4n) is 1.69. The van der Waals surface area contributed by atoms with Crippen molar-refractivity contribution in [2.75, 3.05) is 0 Å². The van der Waals surface area contributed by atoms with Crippen molar-refractivity contribution in [2.24, 2.45) is 0 Å². The van der Waals surface area contributed by atoms with Gasteiger partial charge in [0, 0.05) is 5.56 Å². The molecular formula is C13H13N3. The second-order valence-electron chi connectivity index (χ2n) is 3.90. The van der Waals surface area contributed by atoms with Gasteiger partial charge in [0.25, 0.3) is 0 Å². The van der Waals surface area contributed by atoms with E-state index in [0.29, 0.717) is 6.42 Å². The van der Waals surface area contributed by atoms with Crippen molar-refractivity contribution in [1.29, 1.82) is 5.26 Å². The highest BCUT2D eigenvalue weighted by atomic mass is 14.9. The molecular weight excluding hydrogens is 198 g/mol. The monoisotopic (exact) mass is 211 g/mol. The second-order valence-corrected chi connectivity index (χ2v) is 3.90. The third-order valence-electron chi connectivity index (χ3n) is 2.56. The van der Waals surface area contributed by atoms with E-state index in [4.69, 9.17) is 5.26 Å². The maximum atomic E-state index is 8.59. The van der Waals surface area contributed by atoms with E-state index in [0.717, 1.165) is 17.1 Å². The SMILES string of the molecule is Cc1ccc(C)c(-c2cnc(CC#N)[nH]2)c1. The number of benzene rings is 1. The van der Waals surface area contributed by atoms with Crippen LogP contribution in [0.1, 0.15) is 17.0 Å². The molecule has 1 aromatic carbocycles. The average molecular weight is 211 g/mol. The van der Waals surface area contributed by atoms with Crippen LogP contribution in [0, 0.1) is 25.2 Å². The summed E-state index contributed by atoms with van der Waals surface area (Å²) in [6.07, 6.45) is 2.11. The molecule has 0 amide bonds. The quantitative estimate of drug-likeness (QED) is 0.830. The molecule has 0 atom stereocenters. The van der Waals surface area contributed by atoms with E-state index >= 15 is 0 Å². The van der Waals surface area contributed by atoms with Gasteiger partial charge in [-0.15, -0.1) is 0 Å². The predicted molar refractivity (Wildman–Crippen MR) is 62.8 cm³/mol. The molecule has 0 unspecified atom stereocenters. The lowest BCUT2D eigenvalue weighted by molar-refractivity contribution is 1.06. The van der Waals surface area contributed by atoms with Crippen molar-refractivity contribution in [2.45, 2.75) is 20.3 Å². The molecule has 0 saturated carbocycles. The number of aromatic amines is 1. The fourth-order valence-corrected chi connectivity index (χ4v) is 1.69. The van der Waals surface area contributed by atoms with E-state index in [1.807, 2.05) is 0 Å². The molecule has 1 heterocycles. The minimum atomic E-state index is 0.324. The van der Waals surface area contributed by atoms with E-state index in [2.05, 4.69) is 48.1 Å². The van der Waals surface area contributed by atoms with Crippen molar-refractivity contribution in [1.82, 2.24) is 9.97 Å². The van der Waals surface area contributed by atoms with Crippen molar-refractivity contribution in [3.63, 3.8) is 0 Å². The molecule has 0 fully saturated rings. The maximum absolute atomic E-state index is 8.59. The number of imidazole rings is 1. The average Bonchev–Trinajstić information content (AvgIpc) is 2.71. The van der Waals surface area contributed by atoms with Crippen molar-refractivity contribution >= 4 is 0 Å². The second kappa shape index (κ2) is 4.19. The molecule has 0 aliphatic rings. The number of aromatic nitrogens is 2. The highest BCUT2D eigenvalue weighted by Crippen LogP contribution is 2.22. The Kier molecular flexibility index (Phi) is 2.74. The number of rotatable bonds is 2. The smallest absolute Gasteiger partial charge is 0.120 e. The highest BCUT2D eigenvalue weighted by Gasteiger charge is 2.05. The molecule has 0 aliphatic heterocycles. The molecule has 0 aliphatic carbocycles. The number of nitriles is 1. The first-order valence-corrected chi connectivity index (χ1v) is 5.19.